The van der Waals surface area contributed by atoms with Gasteiger partial charge in [-0.05, 0) is 38.5 Å². The smallest absolute Gasteiger partial charge is 0.317 e. The van der Waals surface area contributed by atoms with Gasteiger partial charge in [0.1, 0.15) is 11.6 Å². The van der Waals surface area contributed by atoms with Gasteiger partial charge < -0.3 is 20.6 Å². The van der Waals surface area contributed by atoms with E-state index >= 15 is 0 Å². The van der Waals surface area contributed by atoms with Crippen LogP contribution < -0.4 is 15.4 Å². The first-order valence-electron chi connectivity index (χ1n) is 9.87. The highest BCUT2D eigenvalue weighted by Gasteiger charge is 2.61. The third kappa shape index (κ3) is 4.89. The van der Waals surface area contributed by atoms with Crippen LogP contribution in [-0.4, -0.2) is 73.3 Å². The second-order valence-electron chi connectivity index (χ2n) is 7.98. The van der Waals surface area contributed by atoms with Crippen molar-refractivity contribution in [1.82, 2.24) is 20.3 Å². The number of allylic oxidation sites excluding steroid dienone is 1. The van der Waals surface area contributed by atoms with E-state index in [9.17, 15) is 27.9 Å². The van der Waals surface area contributed by atoms with Gasteiger partial charge in [-0.1, -0.05) is 12.2 Å². The van der Waals surface area contributed by atoms with Crippen LogP contribution >= 0.6 is 0 Å². The Morgan fingerprint density at radius 2 is 2.07 bits per heavy atom. The van der Waals surface area contributed by atoms with E-state index in [0.717, 1.165) is 19.3 Å². The summed E-state index contributed by atoms with van der Waals surface area (Å²) < 4.78 is 26.5. The van der Waals surface area contributed by atoms with E-state index in [-0.39, 0.29) is 12.3 Å². The molecule has 0 aromatic carbocycles. The minimum absolute atomic E-state index is 0.257. The van der Waals surface area contributed by atoms with Crippen molar-refractivity contribution in [1.29, 1.82) is 0 Å². The van der Waals surface area contributed by atoms with Crippen LogP contribution in [0.4, 0.5) is 4.79 Å². The van der Waals surface area contributed by atoms with Crippen LogP contribution in [0.15, 0.2) is 12.2 Å². The molecule has 0 saturated heterocycles. The Bertz CT molecular complexity index is 809. The summed E-state index contributed by atoms with van der Waals surface area (Å²) in [6, 6.07) is -1.75. The second-order valence-corrected chi connectivity index (χ2v) is 9.94. The minimum Gasteiger partial charge on any atom is -0.394 e. The summed E-state index contributed by atoms with van der Waals surface area (Å²) in [5, 5.41) is 14.0. The maximum atomic E-state index is 12.8. The quantitative estimate of drug-likeness (QED) is 0.432. The lowest BCUT2D eigenvalue weighted by molar-refractivity contribution is -0.130. The van der Waals surface area contributed by atoms with Gasteiger partial charge in [0.05, 0.1) is 11.9 Å². The van der Waals surface area contributed by atoms with Crippen LogP contribution in [-0.2, 0) is 19.6 Å². The number of amides is 4. The standard InChI is InChI=1S/C18H28N4O6S/c1-22-9-5-3-2-4-6-12-10-18(12,16(25)21-29(27,28)13-7-8-13)20-15(24)14(11-23)19-17(22)26/h4,6,12-14,23H,2-3,5,7-11H2,1H3,(H,19,26)(H,20,24)(H,21,25)/b6-4-/t12-,14-,18+/m0/s1. The third-order valence-electron chi connectivity index (χ3n) is 5.59. The number of fused-ring (bicyclic) bond motifs is 1. The Morgan fingerprint density at radius 3 is 2.72 bits per heavy atom. The molecule has 0 bridgehead atoms. The van der Waals surface area contributed by atoms with E-state index in [4.69, 9.17) is 0 Å². The highest BCUT2D eigenvalue weighted by molar-refractivity contribution is 7.91. The van der Waals surface area contributed by atoms with E-state index in [1.54, 1.807) is 7.05 Å². The molecule has 1 heterocycles. The molecule has 4 amide bonds. The molecule has 162 valence electrons. The number of aliphatic hydroxyl groups is 1. The summed E-state index contributed by atoms with van der Waals surface area (Å²) in [7, 11) is -2.17. The lowest BCUT2D eigenvalue weighted by atomic mass is 10.1. The van der Waals surface area contributed by atoms with Gasteiger partial charge in [0, 0.05) is 19.5 Å². The molecule has 2 aliphatic carbocycles. The number of aliphatic hydroxyl groups excluding tert-OH is 1. The van der Waals surface area contributed by atoms with Gasteiger partial charge in [-0.25, -0.2) is 13.2 Å². The highest BCUT2D eigenvalue weighted by atomic mass is 32.2. The number of hydrogen-bond donors (Lipinski definition) is 4. The Hall–Kier alpha value is -2.14. The molecule has 2 saturated carbocycles. The fraction of sp³-hybridized carbons (Fsp3) is 0.722. The number of nitrogens with one attached hydrogen (secondary N) is 3. The molecular formula is C18H28N4O6S. The SMILES string of the molecule is CN1CCCC/C=C\[C@H]2C[C@@]2(C(=O)NS(=O)(=O)C2CC2)NC(=O)[C@H](CO)NC1=O. The average molecular weight is 429 g/mol. The number of rotatable bonds is 4. The molecule has 3 rings (SSSR count). The summed E-state index contributed by atoms with van der Waals surface area (Å²) in [4.78, 5) is 39.1. The molecule has 0 aromatic heterocycles. The van der Waals surface area contributed by atoms with Crippen molar-refractivity contribution in [3.63, 3.8) is 0 Å². The van der Waals surface area contributed by atoms with Gasteiger partial charge in [0.15, 0.2) is 0 Å². The molecule has 2 fully saturated rings. The first-order valence-corrected chi connectivity index (χ1v) is 11.4. The molecule has 3 atom stereocenters. The van der Waals surface area contributed by atoms with E-state index < -0.39 is 51.3 Å². The largest absolute Gasteiger partial charge is 0.394 e. The van der Waals surface area contributed by atoms with Crippen molar-refractivity contribution >= 4 is 27.9 Å². The maximum absolute atomic E-state index is 12.8. The number of hydrogen-bond acceptors (Lipinski definition) is 6. The van der Waals surface area contributed by atoms with E-state index in [2.05, 4.69) is 15.4 Å². The van der Waals surface area contributed by atoms with Gasteiger partial charge in [-0.3, -0.25) is 14.3 Å². The summed E-state index contributed by atoms with van der Waals surface area (Å²) in [5.41, 5.74) is -1.40. The van der Waals surface area contributed by atoms with Gasteiger partial charge in [0.25, 0.3) is 5.91 Å². The lowest BCUT2D eigenvalue weighted by Crippen LogP contribution is -2.59. The van der Waals surface area contributed by atoms with Crippen LogP contribution in [0.5, 0.6) is 0 Å². The fourth-order valence-corrected chi connectivity index (χ4v) is 4.76. The molecule has 0 radical (unpaired) electrons. The van der Waals surface area contributed by atoms with Crippen LogP contribution in [0, 0.1) is 5.92 Å². The maximum Gasteiger partial charge on any atom is 0.317 e. The zero-order valence-corrected chi connectivity index (χ0v) is 17.2. The van der Waals surface area contributed by atoms with Gasteiger partial charge in [0.2, 0.25) is 15.9 Å². The van der Waals surface area contributed by atoms with Crippen LogP contribution in [0.25, 0.3) is 0 Å². The predicted molar refractivity (Wildman–Crippen MR) is 104 cm³/mol. The molecule has 0 spiro atoms. The van der Waals surface area contributed by atoms with Gasteiger partial charge in [-0.15, -0.1) is 0 Å². The van der Waals surface area contributed by atoms with Gasteiger partial charge >= 0.3 is 6.03 Å². The number of urea groups is 1. The number of nitrogens with zero attached hydrogens (tertiary/aromatic N) is 1. The van der Waals surface area contributed by atoms with Crippen molar-refractivity contribution < 1.29 is 27.9 Å². The van der Waals surface area contributed by atoms with Crippen molar-refractivity contribution in [3.05, 3.63) is 12.2 Å². The van der Waals surface area contributed by atoms with Crippen molar-refractivity contribution in [2.45, 2.75) is 55.4 Å². The Balaban J connectivity index is 1.80. The molecule has 4 N–H and O–H groups in total. The van der Waals surface area contributed by atoms with Crippen LogP contribution in [0.3, 0.4) is 0 Å². The predicted octanol–water partition coefficient (Wildman–Crippen LogP) is -0.788. The number of carbonyl (C=O) groups is 3. The Labute approximate surface area is 170 Å². The van der Waals surface area contributed by atoms with E-state index in [1.807, 2.05) is 12.2 Å². The van der Waals surface area contributed by atoms with E-state index in [0.29, 0.717) is 19.4 Å². The summed E-state index contributed by atoms with van der Waals surface area (Å²) in [6.07, 6.45) is 7.37. The Kier molecular flexibility index (Phi) is 6.18. The normalized spacial score (nSPS) is 32.3. The zero-order chi connectivity index (χ0) is 21.2. The van der Waals surface area contributed by atoms with Crippen LogP contribution in [0.2, 0.25) is 0 Å². The molecule has 10 nitrogen and oxygen atoms in total. The van der Waals surface area contributed by atoms with Crippen molar-refractivity contribution in [3.8, 4) is 0 Å². The molecule has 11 heteroatoms. The minimum atomic E-state index is -3.76. The summed E-state index contributed by atoms with van der Waals surface area (Å²) in [6.45, 7) is -0.141. The Morgan fingerprint density at radius 1 is 1.34 bits per heavy atom. The number of sulfonamides is 1. The third-order valence-corrected chi connectivity index (χ3v) is 7.41. The first-order chi connectivity index (χ1) is 13.7. The van der Waals surface area contributed by atoms with Crippen LogP contribution in [0.1, 0.15) is 38.5 Å². The van der Waals surface area contributed by atoms with Crippen molar-refractivity contribution in [2.75, 3.05) is 20.2 Å². The first kappa shape index (κ1) is 21.6. The fourth-order valence-electron chi connectivity index (χ4n) is 3.40. The average Bonchev–Trinajstić information content (AvgIpc) is 3.56. The van der Waals surface area contributed by atoms with E-state index in [1.165, 1.54) is 4.90 Å². The van der Waals surface area contributed by atoms with Crippen molar-refractivity contribution in [2.24, 2.45) is 5.92 Å². The molecule has 0 unspecified atom stereocenters. The highest BCUT2D eigenvalue weighted by Crippen LogP contribution is 2.45. The second kappa shape index (κ2) is 8.31. The summed E-state index contributed by atoms with van der Waals surface area (Å²) >= 11 is 0. The zero-order valence-electron chi connectivity index (χ0n) is 16.4. The molecular weight excluding hydrogens is 400 g/mol. The molecule has 29 heavy (non-hydrogen) atoms. The summed E-state index contributed by atoms with van der Waals surface area (Å²) in [5.74, 6) is -1.86. The topological polar surface area (TPSA) is 145 Å². The van der Waals surface area contributed by atoms with Gasteiger partial charge in [-0.2, -0.15) is 0 Å². The monoisotopic (exact) mass is 428 g/mol. The lowest BCUT2D eigenvalue weighted by Gasteiger charge is -2.25. The molecule has 3 aliphatic rings. The molecule has 1 aliphatic heterocycles. The number of carbonyl (C=O) groups excluding carboxylic acids is 3. The molecule has 0 aromatic rings.